The summed E-state index contributed by atoms with van der Waals surface area (Å²) < 4.78 is 29.8. The van der Waals surface area contributed by atoms with Crippen molar-refractivity contribution < 1.29 is 23.2 Å². The lowest BCUT2D eigenvalue weighted by Crippen LogP contribution is -2.24. The average molecular weight is 375 g/mol. The van der Waals surface area contributed by atoms with Crippen molar-refractivity contribution in [2.75, 3.05) is 5.32 Å². The van der Waals surface area contributed by atoms with E-state index in [9.17, 15) is 23.7 Å². The molecule has 1 aromatic carbocycles. The molecule has 8 nitrogen and oxygen atoms in total. The van der Waals surface area contributed by atoms with Gasteiger partial charge in [-0.3, -0.25) is 19.6 Å². The molecule has 0 spiro atoms. The van der Waals surface area contributed by atoms with E-state index in [-0.39, 0.29) is 23.0 Å². The average Bonchev–Trinajstić information content (AvgIpc) is 2.98. The topological polar surface area (TPSA) is 99.3 Å². The first-order chi connectivity index (χ1) is 11.8. The molecule has 1 N–H and O–H groups in total. The van der Waals surface area contributed by atoms with Crippen molar-refractivity contribution in [2.45, 2.75) is 20.1 Å². The summed E-state index contributed by atoms with van der Waals surface area (Å²) in [5.74, 6) is -1.15. The molecule has 0 aliphatic carbocycles. The summed E-state index contributed by atoms with van der Waals surface area (Å²) in [6, 6.07) is 3.86. The Bertz CT molecular complexity index is 784. The maximum Gasteiger partial charge on any atom is 0.387 e. The molecule has 0 bridgehead atoms. The summed E-state index contributed by atoms with van der Waals surface area (Å²) in [4.78, 5) is 22.2. The molecule has 0 aliphatic heterocycles. The molecule has 1 atom stereocenters. The summed E-state index contributed by atoms with van der Waals surface area (Å²) in [7, 11) is 0. The second-order valence-corrected chi connectivity index (χ2v) is 5.50. The van der Waals surface area contributed by atoms with Crippen LogP contribution < -0.4 is 10.1 Å². The van der Waals surface area contributed by atoms with E-state index < -0.39 is 23.4 Å². The molecule has 2 rings (SSSR count). The monoisotopic (exact) mass is 374 g/mol. The summed E-state index contributed by atoms with van der Waals surface area (Å²) in [6.07, 6.45) is 2.31. The van der Waals surface area contributed by atoms with E-state index >= 15 is 0 Å². The van der Waals surface area contributed by atoms with E-state index in [0.717, 1.165) is 6.20 Å². The number of aromatic nitrogens is 2. The standard InChI is InChI=1S/C14H13ClF2N4O4/c1-8(6-20-7-10(5-18-20)21(23)24)13(22)19-9-2-3-12(11(15)4-9)25-14(16)17/h2-5,7-8,14H,6H2,1H3,(H,19,22). The van der Waals surface area contributed by atoms with Crippen LogP contribution in [0.1, 0.15) is 6.92 Å². The molecule has 0 aliphatic rings. The predicted molar refractivity (Wildman–Crippen MR) is 84.8 cm³/mol. The minimum absolute atomic E-state index is 0.0755. The van der Waals surface area contributed by atoms with Crippen LogP contribution in [0.2, 0.25) is 5.02 Å². The fraction of sp³-hybridized carbons (Fsp3) is 0.286. The van der Waals surface area contributed by atoms with Crippen molar-refractivity contribution in [3.05, 3.63) is 45.7 Å². The SMILES string of the molecule is CC(Cn1cc([N+](=O)[O-])cn1)C(=O)Nc1ccc(OC(F)F)c(Cl)c1. The first-order valence-corrected chi connectivity index (χ1v) is 7.36. The number of benzene rings is 1. The molecule has 1 amide bonds. The summed E-state index contributed by atoms with van der Waals surface area (Å²) in [5.41, 5.74) is 0.129. The molecule has 134 valence electrons. The Labute approximate surface area is 145 Å². The van der Waals surface area contributed by atoms with E-state index in [0.29, 0.717) is 5.69 Å². The Kier molecular flexibility index (Phi) is 5.86. The lowest BCUT2D eigenvalue weighted by atomic mass is 10.1. The van der Waals surface area contributed by atoms with Crippen LogP contribution in [0.4, 0.5) is 20.2 Å². The van der Waals surface area contributed by atoms with Crippen molar-refractivity contribution in [3.63, 3.8) is 0 Å². The second-order valence-electron chi connectivity index (χ2n) is 5.09. The number of ether oxygens (including phenoxy) is 1. The lowest BCUT2D eigenvalue weighted by Gasteiger charge is -2.13. The van der Waals surface area contributed by atoms with Crippen LogP contribution in [0.25, 0.3) is 0 Å². The third kappa shape index (κ3) is 5.11. The Hall–Kier alpha value is -2.75. The number of carbonyl (C=O) groups excluding carboxylic acids is 1. The Balaban J connectivity index is 1.98. The molecule has 0 fully saturated rings. The highest BCUT2D eigenvalue weighted by Gasteiger charge is 2.17. The summed E-state index contributed by atoms with van der Waals surface area (Å²) in [6.45, 7) is -1.27. The number of nitrogens with zero attached hydrogens (tertiary/aromatic N) is 3. The molecule has 1 aromatic heterocycles. The summed E-state index contributed by atoms with van der Waals surface area (Å²) in [5, 5.41) is 16.9. The van der Waals surface area contributed by atoms with Gasteiger partial charge in [0.25, 0.3) is 0 Å². The van der Waals surface area contributed by atoms with Gasteiger partial charge >= 0.3 is 12.3 Å². The molecule has 1 heterocycles. The van der Waals surface area contributed by atoms with Crippen LogP contribution in [-0.2, 0) is 11.3 Å². The highest BCUT2D eigenvalue weighted by atomic mass is 35.5. The van der Waals surface area contributed by atoms with Gasteiger partial charge in [-0.05, 0) is 18.2 Å². The first-order valence-electron chi connectivity index (χ1n) is 6.98. The highest BCUT2D eigenvalue weighted by Crippen LogP contribution is 2.29. The maximum absolute atomic E-state index is 12.2. The predicted octanol–water partition coefficient (Wildman–Crippen LogP) is 3.32. The van der Waals surface area contributed by atoms with E-state index in [4.69, 9.17) is 11.6 Å². The van der Waals surface area contributed by atoms with Crippen molar-refractivity contribution in [1.29, 1.82) is 0 Å². The zero-order chi connectivity index (χ0) is 18.6. The number of hydrogen-bond donors (Lipinski definition) is 1. The quantitative estimate of drug-likeness (QED) is 0.592. The maximum atomic E-state index is 12.2. The molecule has 2 aromatic rings. The van der Waals surface area contributed by atoms with Crippen LogP contribution in [-0.4, -0.2) is 27.2 Å². The van der Waals surface area contributed by atoms with Gasteiger partial charge in [-0.25, -0.2) is 0 Å². The number of anilines is 1. The van der Waals surface area contributed by atoms with Crippen molar-refractivity contribution >= 4 is 28.9 Å². The summed E-state index contributed by atoms with van der Waals surface area (Å²) >= 11 is 5.81. The fourth-order valence-electron chi connectivity index (χ4n) is 1.95. The zero-order valence-corrected chi connectivity index (χ0v) is 13.6. The number of alkyl halides is 2. The molecule has 0 saturated carbocycles. The van der Waals surface area contributed by atoms with Gasteiger partial charge in [0, 0.05) is 5.69 Å². The Morgan fingerprint density at radius 1 is 1.52 bits per heavy atom. The number of carbonyl (C=O) groups is 1. The van der Waals surface area contributed by atoms with Crippen LogP contribution >= 0.6 is 11.6 Å². The number of nitrogens with one attached hydrogen (secondary N) is 1. The smallest absolute Gasteiger partial charge is 0.387 e. The highest BCUT2D eigenvalue weighted by molar-refractivity contribution is 6.32. The van der Waals surface area contributed by atoms with Crippen LogP contribution in [0.5, 0.6) is 5.75 Å². The van der Waals surface area contributed by atoms with Gasteiger partial charge in [0.15, 0.2) is 0 Å². The largest absolute Gasteiger partial charge is 0.433 e. The molecular weight excluding hydrogens is 362 g/mol. The number of nitro groups is 1. The van der Waals surface area contributed by atoms with Crippen molar-refractivity contribution in [1.82, 2.24) is 9.78 Å². The van der Waals surface area contributed by atoms with Gasteiger partial charge in [-0.1, -0.05) is 18.5 Å². The minimum atomic E-state index is -3.00. The molecule has 11 heteroatoms. The second kappa shape index (κ2) is 7.88. The van der Waals surface area contributed by atoms with E-state index in [2.05, 4.69) is 15.2 Å². The normalized spacial score (nSPS) is 12.0. The van der Waals surface area contributed by atoms with Gasteiger partial charge in [0.1, 0.15) is 18.1 Å². The minimum Gasteiger partial charge on any atom is -0.433 e. The number of amides is 1. The lowest BCUT2D eigenvalue weighted by molar-refractivity contribution is -0.385. The third-order valence-electron chi connectivity index (χ3n) is 3.15. The van der Waals surface area contributed by atoms with Gasteiger partial charge in [0.2, 0.25) is 5.91 Å². The third-order valence-corrected chi connectivity index (χ3v) is 3.45. The molecule has 0 saturated heterocycles. The number of halogens is 3. The molecule has 25 heavy (non-hydrogen) atoms. The van der Waals surface area contributed by atoms with Crippen LogP contribution in [0.15, 0.2) is 30.6 Å². The van der Waals surface area contributed by atoms with Gasteiger partial charge in [0.05, 0.1) is 22.4 Å². The van der Waals surface area contributed by atoms with E-state index in [1.165, 1.54) is 29.1 Å². The van der Waals surface area contributed by atoms with Gasteiger partial charge in [-0.15, -0.1) is 0 Å². The van der Waals surface area contributed by atoms with Crippen LogP contribution in [0.3, 0.4) is 0 Å². The van der Waals surface area contributed by atoms with Gasteiger partial charge < -0.3 is 10.1 Å². The van der Waals surface area contributed by atoms with Crippen LogP contribution in [0, 0.1) is 16.0 Å². The van der Waals surface area contributed by atoms with E-state index in [1.807, 2.05) is 0 Å². The van der Waals surface area contributed by atoms with Gasteiger partial charge in [-0.2, -0.15) is 13.9 Å². The van der Waals surface area contributed by atoms with Crippen molar-refractivity contribution in [3.8, 4) is 5.75 Å². The van der Waals surface area contributed by atoms with Crippen molar-refractivity contribution in [2.24, 2.45) is 5.92 Å². The Morgan fingerprint density at radius 3 is 2.80 bits per heavy atom. The molecule has 1 unspecified atom stereocenters. The molecule has 0 radical (unpaired) electrons. The van der Waals surface area contributed by atoms with E-state index in [1.54, 1.807) is 6.92 Å². The Morgan fingerprint density at radius 2 is 2.24 bits per heavy atom. The number of hydrogen-bond acceptors (Lipinski definition) is 5. The first kappa shape index (κ1) is 18.6. The fourth-order valence-corrected chi connectivity index (χ4v) is 2.17. The zero-order valence-electron chi connectivity index (χ0n) is 12.9. The number of rotatable bonds is 7. The molecular formula is C14H13ClF2N4O4.